The molecule has 0 saturated carbocycles. The SMILES string of the molecule is CC[C@H](C)[C@H](NC(=O)[C@@H](N)CO)C(=O)N[C@@H](CCCN=C(N)N)C(=O)N[C@H](C(=O)NCC(=O)N[C@H](C(=O)NCC(=O)N1CCC[C@H]1C(=O)NCC(=O)O)C(C)C)C(C)C. The molecule has 0 aromatic heterocycles. The zero-order valence-electron chi connectivity index (χ0n) is 34.7. The first-order valence-electron chi connectivity index (χ1n) is 19.6. The molecule has 1 saturated heterocycles. The van der Waals surface area contributed by atoms with Crippen LogP contribution in [-0.4, -0.2) is 150 Å². The summed E-state index contributed by atoms with van der Waals surface area (Å²) in [5, 5.41) is 35.6. The van der Waals surface area contributed by atoms with Crippen LogP contribution in [0.5, 0.6) is 0 Å². The number of nitrogens with two attached hydrogens (primary N) is 3. The number of nitrogens with zero attached hydrogens (tertiary/aromatic N) is 2. The lowest BCUT2D eigenvalue weighted by molar-refractivity contribution is -0.141. The summed E-state index contributed by atoms with van der Waals surface area (Å²) < 4.78 is 0. The number of hydrogen-bond donors (Lipinski definition) is 12. The number of likely N-dealkylation sites (tertiary alicyclic amines) is 1. The Hall–Kier alpha value is -5.58. The Bertz CT molecular complexity index is 1520. The Morgan fingerprint density at radius 3 is 1.86 bits per heavy atom. The molecule has 1 fully saturated rings. The van der Waals surface area contributed by atoms with Crippen molar-refractivity contribution < 1.29 is 53.4 Å². The summed E-state index contributed by atoms with van der Waals surface area (Å²) in [6.45, 7) is 8.07. The predicted molar refractivity (Wildman–Crippen MR) is 213 cm³/mol. The standard InChI is InChI=1S/C36H64N12O11/c1-7-20(6)29(47-30(54)21(37)17-49)35(59)44-22(10-8-12-40-36(38)39)31(55)46-28(19(4)5)34(58)41-14-24(50)45-27(18(2)3)33(57)42-15-25(51)48-13-9-11-23(48)32(56)43-16-26(52)53/h18-23,27-29,49H,7-17,37H2,1-6H3,(H,41,58)(H,42,57)(H,43,56)(H,44,59)(H,45,50)(H,46,55)(H,47,54)(H,52,53)(H4,38,39,40)/t20-,21-,22-,23-,27-,28-,29-/m0/s1. The quantitative estimate of drug-likeness (QED) is 0.0233. The van der Waals surface area contributed by atoms with E-state index in [0.29, 0.717) is 19.3 Å². The maximum absolute atomic E-state index is 13.7. The van der Waals surface area contributed by atoms with Crippen molar-refractivity contribution in [3.8, 4) is 0 Å². The van der Waals surface area contributed by atoms with Crippen LogP contribution in [-0.2, 0) is 43.2 Å². The van der Waals surface area contributed by atoms with Gasteiger partial charge in [-0.05, 0) is 43.4 Å². The van der Waals surface area contributed by atoms with Gasteiger partial charge in [-0.1, -0.05) is 48.0 Å². The molecule has 1 aliphatic heterocycles. The first-order chi connectivity index (χ1) is 27.6. The average molecular weight is 841 g/mol. The van der Waals surface area contributed by atoms with E-state index in [-0.39, 0.29) is 31.9 Å². The van der Waals surface area contributed by atoms with Crippen LogP contribution >= 0.6 is 0 Å². The third-order valence-electron chi connectivity index (χ3n) is 9.54. The van der Waals surface area contributed by atoms with Crippen molar-refractivity contribution in [1.29, 1.82) is 0 Å². The van der Waals surface area contributed by atoms with E-state index in [1.165, 1.54) is 4.90 Å². The van der Waals surface area contributed by atoms with Gasteiger partial charge in [0.2, 0.25) is 47.3 Å². The molecule has 334 valence electrons. The maximum Gasteiger partial charge on any atom is 0.322 e. The minimum atomic E-state index is -1.28. The fourth-order valence-electron chi connectivity index (χ4n) is 5.90. The molecule has 23 heteroatoms. The number of aliphatic hydroxyl groups excluding tert-OH is 1. The molecular formula is C36H64N12O11. The number of hydrogen-bond acceptors (Lipinski definition) is 12. The van der Waals surface area contributed by atoms with Gasteiger partial charge in [0.05, 0.1) is 19.7 Å². The van der Waals surface area contributed by atoms with Crippen LogP contribution in [0.25, 0.3) is 0 Å². The number of rotatable bonds is 25. The second-order valence-electron chi connectivity index (χ2n) is 15.0. The highest BCUT2D eigenvalue weighted by atomic mass is 16.4. The molecule has 0 radical (unpaired) electrons. The van der Waals surface area contributed by atoms with Crippen molar-refractivity contribution in [2.45, 2.75) is 110 Å². The molecule has 0 aromatic rings. The Morgan fingerprint density at radius 1 is 0.746 bits per heavy atom. The number of carboxylic acids is 1. The number of aliphatic hydroxyl groups is 1. The number of carbonyl (C=O) groups is 9. The first kappa shape index (κ1) is 51.4. The van der Waals surface area contributed by atoms with E-state index in [4.69, 9.17) is 22.3 Å². The molecule has 0 bridgehead atoms. The topological polar surface area (TPSA) is 372 Å². The maximum atomic E-state index is 13.7. The smallest absolute Gasteiger partial charge is 0.322 e. The number of aliphatic imine (C=N–C) groups is 1. The molecule has 0 aliphatic carbocycles. The van der Waals surface area contributed by atoms with Gasteiger partial charge < -0.3 is 69.5 Å². The van der Waals surface area contributed by atoms with Crippen LogP contribution < -0.4 is 54.4 Å². The lowest BCUT2D eigenvalue weighted by Gasteiger charge is -2.29. The number of aliphatic carboxylic acids is 1. The highest BCUT2D eigenvalue weighted by Crippen LogP contribution is 2.17. The number of carboxylic acid groups (broad SMARTS) is 1. The Morgan fingerprint density at radius 2 is 1.32 bits per heavy atom. The summed E-state index contributed by atoms with van der Waals surface area (Å²) in [6, 6.07) is -6.85. The van der Waals surface area contributed by atoms with Crippen molar-refractivity contribution in [1.82, 2.24) is 42.1 Å². The highest BCUT2D eigenvalue weighted by Gasteiger charge is 2.36. The average Bonchev–Trinajstić information content (AvgIpc) is 3.68. The molecule has 1 heterocycles. The predicted octanol–water partition coefficient (Wildman–Crippen LogP) is -4.92. The monoisotopic (exact) mass is 840 g/mol. The van der Waals surface area contributed by atoms with Crippen LogP contribution in [0, 0.1) is 17.8 Å². The van der Waals surface area contributed by atoms with Crippen LogP contribution in [0.4, 0.5) is 0 Å². The third-order valence-corrected chi connectivity index (χ3v) is 9.54. The van der Waals surface area contributed by atoms with E-state index < -0.39 is 133 Å². The van der Waals surface area contributed by atoms with Gasteiger partial charge in [0, 0.05) is 13.1 Å². The highest BCUT2D eigenvalue weighted by molar-refractivity contribution is 5.97. The Balaban J connectivity index is 2.98. The van der Waals surface area contributed by atoms with Gasteiger partial charge in [-0.3, -0.25) is 48.1 Å². The second kappa shape index (κ2) is 25.7. The molecule has 8 amide bonds. The summed E-state index contributed by atoms with van der Waals surface area (Å²) in [5.74, 6) is -8.45. The number of guanidine groups is 1. The summed E-state index contributed by atoms with van der Waals surface area (Å²) in [4.78, 5) is 120. The molecule has 0 aromatic carbocycles. The molecule has 23 nitrogen and oxygen atoms in total. The summed E-state index contributed by atoms with van der Waals surface area (Å²) in [5.41, 5.74) is 16.4. The van der Waals surface area contributed by atoms with Crippen LogP contribution in [0.2, 0.25) is 0 Å². The molecule has 15 N–H and O–H groups in total. The fourth-order valence-corrected chi connectivity index (χ4v) is 5.90. The van der Waals surface area contributed by atoms with E-state index >= 15 is 0 Å². The van der Waals surface area contributed by atoms with E-state index in [1.807, 2.05) is 0 Å². The largest absolute Gasteiger partial charge is 0.480 e. The van der Waals surface area contributed by atoms with Gasteiger partial charge >= 0.3 is 5.97 Å². The lowest BCUT2D eigenvalue weighted by atomic mass is 9.97. The van der Waals surface area contributed by atoms with Gasteiger partial charge in [0.1, 0.15) is 42.8 Å². The fraction of sp³-hybridized carbons (Fsp3) is 0.722. The summed E-state index contributed by atoms with van der Waals surface area (Å²) >= 11 is 0. The zero-order valence-corrected chi connectivity index (χ0v) is 34.7. The summed E-state index contributed by atoms with van der Waals surface area (Å²) in [6.07, 6.45) is 1.53. The van der Waals surface area contributed by atoms with Crippen molar-refractivity contribution in [3.63, 3.8) is 0 Å². The molecule has 59 heavy (non-hydrogen) atoms. The number of amides is 8. The van der Waals surface area contributed by atoms with Gasteiger partial charge in [0.15, 0.2) is 5.96 Å². The number of nitrogens with one attached hydrogen (secondary N) is 7. The van der Waals surface area contributed by atoms with Crippen molar-refractivity contribution in [3.05, 3.63) is 0 Å². The molecular weight excluding hydrogens is 776 g/mol. The molecule has 0 unspecified atom stereocenters. The first-order valence-corrected chi connectivity index (χ1v) is 19.6. The molecule has 0 spiro atoms. The van der Waals surface area contributed by atoms with Gasteiger partial charge in [0.25, 0.3) is 0 Å². The van der Waals surface area contributed by atoms with Crippen LogP contribution in [0.1, 0.15) is 73.6 Å². The van der Waals surface area contributed by atoms with Crippen molar-refractivity contribution in [2.24, 2.45) is 39.9 Å². The van der Waals surface area contributed by atoms with Gasteiger partial charge in [-0.15, -0.1) is 0 Å². The van der Waals surface area contributed by atoms with Gasteiger partial charge in [-0.2, -0.15) is 0 Å². The van der Waals surface area contributed by atoms with E-state index in [9.17, 15) is 48.3 Å². The Labute approximate surface area is 343 Å². The molecule has 1 aliphatic rings. The molecule has 7 atom stereocenters. The van der Waals surface area contributed by atoms with E-state index in [1.54, 1.807) is 41.5 Å². The summed E-state index contributed by atoms with van der Waals surface area (Å²) in [7, 11) is 0. The van der Waals surface area contributed by atoms with E-state index in [0.717, 1.165) is 0 Å². The van der Waals surface area contributed by atoms with Crippen molar-refractivity contribution in [2.75, 3.05) is 39.3 Å². The van der Waals surface area contributed by atoms with Gasteiger partial charge in [-0.25, -0.2) is 0 Å². The second-order valence-corrected chi connectivity index (χ2v) is 15.0. The van der Waals surface area contributed by atoms with Crippen LogP contribution in [0.15, 0.2) is 4.99 Å². The Kier molecular flexibility index (Phi) is 22.4. The zero-order chi connectivity index (χ0) is 45.0. The van der Waals surface area contributed by atoms with Crippen molar-refractivity contribution >= 4 is 59.2 Å². The lowest BCUT2D eigenvalue weighted by Crippen LogP contribution is -2.60. The normalized spacial score (nSPS) is 16.6. The third kappa shape index (κ3) is 17.8. The number of carbonyl (C=O) groups excluding carboxylic acids is 8. The van der Waals surface area contributed by atoms with Crippen LogP contribution in [0.3, 0.4) is 0 Å². The minimum absolute atomic E-state index is 0.0194. The van der Waals surface area contributed by atoms with E-state index in [2.05, 4.69) is 42.2 Å². The minimum Gasteiger partial charge on any atom is -0.480 e. The molecule has 1 rings (SSSR count).